The van der Waals surface area contributed by atoms with Crippen molar-refractivity contribution in [2.75, 3.05) is 32.2 Å². The molecule has 4 heterocycles. The lowest BCUT2D eigenvalue weighted by atomic mass is 10.0. The molecule has 0 saturated carbocycles. The van der Waals surface area contributed by atoms with E-state index in [4.69, 9.17) is 24.5 Å². The highest BCUT2D eigenvalue weighted by Gasteiger charge is 2.45. The molecule has 2 fully saturated rings. The lowest BCUT2D eigenvalue weighted by molar-refractivity contribution is -0.147. The molecule has 0 aromatic carbocycles. The highest BCUT2D eigenvalue weighted by molar-refractivity contribution is 7.36. The number of rotatable bonds is 9. The number of fused-ring (bicyclic) bond motifs is 1. The smallest absolute Gasteiger partial charge is 0.464 e. The first kappa shape index (κ1) is 24.4. The van der Waals surface area contributed by atoms with Crippen LogP contribution in [0.4, 0.5) is 5.82 Å². The number of nitrogens with zero attached hydrogens (tertiary/aromatic N) is 4. The van der Waals surface area contributed by atoms with Gasteiger partial charge in [0.1, 0.15) is 36.7 Å². The molecule has 0 aliphatic carbocycles. The Bertz CT molecular complexity index is 1080. The van der Waals surface area contributed by atoms with Gasteiger partial charge in [-0.2, -0.15) is 10.4 Å². The molecule has 2 aliphatic heterocycles. The Morgan fingerprint density at radius 2 is 2.24 bits per heavy atom. The van der Waals surface area contributed by atoms with Crippen LogP contribution < -0.4 is 10.8 Å². The summed E-state index contributed by atoms with van der Waals surface area (Å²) in [5.41, 5.74) is 6.00. The zero-order chi connectivity index (χ0) is 24.1. The number of anilines is 1. The van der Waals surface area contributed by atoms with Crippen LogP contribution in [0.5, 0.6) is 0 Å². The molecule has 0 radical (unpaired) electrons. The van der Waals surface area contributed by atoms with Crippen molar-refractivity contribution in [1.29, 1.82) is 5.26 Å². The molecule has 34 heavy (non-hydrogen) atoms. The third-order valence-corrected chi connectivity index (χ3v) is 7.05. The van der Waals surface area contributed by atoms with Crippen LogP contribution in [-0.4, -0.2) is 58.6 Å². The second-order valence-corrected chi connectivity index (χ2v) is 9.55. The molecule has 182 valence electrons. The molecule has 2 aromatic heterocycles. The van der Waals surface area contributed by atoms with Crippen LogP contribution >= 0.6 is 8.18 Å². The third kappa shape index (κ3) is 5.51. The SMILES string of the molecule is C[C@H](N[P+](=O)OC[C@]1(C#N)CC[C@H](c2ccc3c(N)ncnn23)O1)C(=O)OCC1CCOCC1. The number of hydrogen-bond acceptors (Lipinski definition) is 10. The molecule has 1 unspecified atom stereocenters. The van der Waals surface area contributed by atoms with Gasteiger partial charge in [0.2, 0.25) is 0 Å². The van der Waals surface area contributed by atoms with Gasteiger partial charge >= 0.3 is 14.1 Å². The van der Waals surface area contributed by atoms with Crippen LogP contribution in [0.2, 0.25) is 0 Å². The van der Waals surface area contributed by atoms with E-state index in [1.807, 2.05) is 6.07 Å². The summed E-state index contributed by atoms with van der Waals surface area (Å²) in [6.45, 7) is 2.98. The monoisotopic (exact) mass is 491 g/mol. The molecule has 4 atom stereocenters. The van der Waals surface area contributed by atoms with Crippen molar-refractivity contribution in [3.8, 4) is 6.07 Å². The summed E-state index contributed by atoms with van der Waals surface area (Å²) in [6, 6.07) is 4.94. The number of ether oxygens (including phenoxy) is 3. The average molecular weight is 491 g/mol. The van der Waals surface area contributed by atoms with E-state index in [2.05, 4.69) is 21.2 Å². The number of nitrogens with two attached hydrogens (primary N) is 1. The van der Waals surface area contributed by atoms with E-state index in [1.54, 1.807) is 17.5 Å². The first-order valence-electron chi connectivity index (χ1n) is 11.2. The molecule has 2 saturated heterocycles. The van der Waals surface area contributed by atoms with Crippen LogP contribution in [0, 0.1) is 17.2 Å². The van der Waals surface area contributed by atoms with Gasteiger partial charge < -0.3 is 19.9 Å². The fourth-order valence-corrected chi connectivity index (χ4v) is 4.87. The Labute approximate surface area is 197 Å². The Kier molecular flexibility index (Phi) is 7.70. The number of esters is 1. The van der Waals surface area contributed by atoms with Gasteiger partial charge in [-0.15, -0.1) is 4.52 Å². The zero-order valence-corrected chi connectivity index (χ0v) is 19.8. The number of aromatic nitrogens is 3. The quantitative estimate of drug-likeness (QED) is 0.390. The fraction of sp³-hybridized carbons (Fsp3) is 0.619. The normalized spacial score (nSPS) is 24.6. The summed E-state index contributed by atoms with van der Waals surface area (Å²) < 4.78 is 36.1. The molecule has 2 aliphatic rings. The summed E-state index contributed by atoms with van der Waals surface area (Å²) in [4.78, 5) is 16.2. The highest BCUT2D eigenvalue weighted by Crippen LogP contribution is 2.41. The summed E-state index contributed by atoms with van der Waals surface area (Å²) >= 11 is 0. The largest absolute Gasteiger partial charge is 0.613 e. The van der Waals surface area contributed by atoms with E-state index in [9.17, 15) is 14.6 Å². The van der Waals surface area contributed by atoms with Crippen LogP contribution in [0.1, 0.15) is 44.4 Å². The molecule has 12 nitrogen and oxygen atoms in total. The minimum Gasteiger partial charge on any atom is -0.464 e. The van der Waals surface area contributed by atoms with Gasteiger partial charge in [0.15, 0.2) is 11.4 Å². The number of carbonyl (C=O) groups excluding carboxylic acids is 1. The van der Waals surface area contributed by atoms with Crippen LogP contribution in [0.25, 0.3) is 5.52 Å². The molecule has 0 bridgehead atoms. The second-order valence-electron chi connectivity index (χ2n) is 8.52. The van der Waals surface area contributed by atoms with Crippen LogP contribution in [-0.2, 0) is 28.1 Å². The predicted octanol–water partition coefficient (Wildman–Crippen LogP) is 2.05. The van der Waals surface area contributed by atoms with Crippen LogP contribution in [0.3, 0.4) is 0 Å². The summed E-state index contributed by atoms with van der Waals surface area (Å²) in [6.07, 6.45) is 3.57. The van der Waals surface area contributed by atoms with Gasteiger partial charge in [-0.1, -0.05) is 5.09 Å². The maximum atomic E-state index is 12.4. The zero-order valence-electron chi connectivity index (χ0n) is 18.9. The van der Waals surface area contributed by atoms with Crippen molar-refractivity contribution in [1.82, 2.24) is 19.7 Å². The number of nitrogens with one attached hydrogen (secondary N) is 1. The first-order valence-corrected chi connectivity index (χ1v) is 12.4. The maximum absolute atomic E-state index is 12.4. The lowest BCUT2D eigenvalue weighted by Gasteiger charge is -2.22. The van der Waals surface area contributed by atoms with Gasteiger partial charge in [-0.05, 0) is 55.2 Å². The van der Waals surface area contributed by atoms with Gasteiger partial charge in [0, 0.05) is 13.2 Å². The van der Waals surface area contributed by atoms with Crippen molar-refractivity contribution < 1.29 is 28.1 Å². The number of nitrogen functional groups attached to an aromatic ring is 1. The Balaban J connectivity index is 1.27. The topological polar surface area (TPSA) is 163 Å². The number of carbonyl (C=O) groups is 1. The van der Waals surface area contributed by atoms with Gasteiger partial charge in [0.25, 0.3) is 0 Å². The Morgan fingerprint density at radius 1 is 1.44 bits per heavy atom. The summed E-state index contributed by atoms with van der Waals surface area (Å²) in [7, 11) is -2.42. The Morgan fingerprint density at radius 3 is 3.00 bits per heavy atom. The predicted molar refractivity (Wildman–Crippen MR) is 119 cm³/mol. The minimum atomic E-state index is -2.42. The summed E-state index contributed by atoms with van der Waals surface area (Å²) in [5, 5.41) is 16.6. The van der Waals surface area contributed by atoms with E-state index in [1.165, 1.54) is 6.33 Å². The van der Waals surface area contributed by atoms with Crippen LogP contribution in [0.15, 0.2) is 18.5 Å². The van der Waals surface area contributed by atoms with Crippen molar-refractivity contribution in [3.63, 3.8) is 0 Å². The van der Waals surface area contributed by atoms with E-state index in [0.717, 1.165) is 18.5 Å². The third-order valence-electron chi connectivity index (χ3n) is 6.09. The first-order chi connectivity index (χ1) is 16.4. The summed E-state index contributed by atoms with van der Waals surface area (Å²) in [5.74, 6) is 0.114. The molecule has 4 rings (SSSR count). The van der Waals surface area contributed by atoms with Gasteiger partial charge in [-0.3, -0.25) is 4.79 Å². The van der Waals surface area contributed by atoms with Crippen molar-refractivity contribution in [3.05, 3.63) is 24.2 Å². The van der Waals surface area contributed by atoms with E-state index >= 15 is 0 Å². The molecule has 2 aromatic rings. The average Bonchev–Trinajstić information content (AvgIpc) is 3.47. The van der Waals surface area contributed by atoms with Gasteiger partial charge in [-0.25, -0.2) is 9.50 Å². The molecule has 13 heteroatoms. The van der Waals surface area contributed by atoms with Crippen molar-refractivity contribution >= 4 is 25.5 Å². The number of nitriles is 1. The standard InChI is InChI=1S/C21H28N6O6P/c1-14(20(28)31-10-15-5-8-30-9-6-15)26-34(29)32-12-21(11-22)7-4-18(33-21)16-2-3-17-19(23)24-13-25-27(16)17/h2-3,13-15,18H,4-10,12H2,1H3,(H,26,29)(H2,23,24,25)/q+1/t14-,18+,21+/m0/s1. The lowest BCUT2D eigenvalue weighted by Crippen LogP contribution is -2.35. The van der Waals surface area contributed by atoms with E-state index < -0.39 is 31.9 Å². The molecule has 0 spiro atoms. The van der Waals surface area contributed by atoms with Gasteiger partial charge in [0.05, 0.1) is 12.3 Å². The van der Waals surface area contributed by atoms with E-state index in [0.29, 0.717) is 44.0 Å². The van der Waals surface area contributed by atoms with Crippen molar-refractivity contribution in [2.24, 2.45) is 5.92 Å². The second kappa shape index (κ2) is 10.7. The number of hydrogen-bond donors (Lipinski definition) is 2. The molecular weight excluding hydrogens is 463 g/mol. The molecular formula is C21H28N6O6P+. The minimum absolute atomic E-state index is 0.216. The molecule has 0 amide bonds. The highest BCUT2D eigenvalue weighted by atomic mass is 31.1. The van der Waals surface area contributed by atoms with E-state index in [-0.39, 0.29) is 12.5 Å². The fourth-order valence-electron chi connectivity index (χ4n) is 4.05. The van der Waals surface area contributed by atoms with Crippen molar-refractivity contribution in [2.45, 2.75) is 50.4 Å². The maximum Gasteiger partial charge on any atom is 0.613 e. The molecule has 3 N–H and O–H groups in total. The Hall–Kier alpha value is -2.68.